The Kier molecular flexibility index (Phi) is 6.69. The molecule has 10 nitrogen and oxygen atoms in total. The minimum Gasteiger partial charge on any atom is -0.339 e. The molecule has 0 unspecified atom stereocenters. The van der Waals surface area contributed by atoms with Crippen LogP contribution in [0.3, 0.4) is 0 Å². The van der Waals surface area contributed by atoms with Crippen molar-refractivity contribution < 1.29 is 9.59 Å². The number of carbonyl (C=O) groups is 2. The molecule has 32 heavy (non-hydrogen) atoms. The van der Waals surface area contributed by atoms with Crippen molar-refractivity contribution in [3.63, 3.8) is 0 Å². The summed E-state index contributed by atoms with van der Waals surface area (Å²) in [4.78, 5) is 44.0. The Labute approximate surface area is 186 Å². The van der Waals surface area contributed by atoms with Gasteiger partial charge in [0.15, 0.2) is 0 Å². The van der Waals surface area contributed by atoms with Crippen LogP contribution in [0.15, 0.2) is 55.4 Å². The fraction of sp³-hybridized carbons (Fsp3) is 0.364. The summed E-state index contributed by atoms with van der Waals surface area (Å²) in [5.41, 5.74) is 1.77. The lowest BCUT2D eigenvalue weighted by Crippen LogP contribution is -2.40. The van der Waals surface area contributed by atoms with Crippen molar-refractivity contribution in [3.8, 4) is 0 Å². The lowest BCUT2D eigenvalue weighted by molar-refractivity contribution is -0.132. The number of amides is 2. The SMILES string of the molecule is CC(=O)N1CCCN(c2ncccn2)CCN(C(=O)Cn2cncn2)Cc2ccccc21. The van der Waals surface area contributed by atoms with Gasteiger partial charge in [-0.1, -0.05) is 18.2 Å². The normalized spacial score (nSPS) is 15.1. The summed E-state index contributed by atoms with van der Waals surface area (Å²) in [7, 11) is 0. The Balaban J connectivity index is 1.65. The van der Waals surface area contributed by atoms with E-state index in [4.69, 9.17) is 0 Å². The lowest BCUT2D eigenvalue weighted by atomic mass is 10.1. The molecule has 1 aromatic carbocycles. The Hall–Kier alpha value is -3.82. The van der Waals surface area contributed by atoms with Crippen LogP contribution in [0.4, 0.5) is 11.6 Å². The van der Waals surface area contributed by atoms with Crippen LogP contribution in [0.2, 0.25) is 0 Å². The van der Waals surface area contributed by atoms with Crippen LogP contribution in [0, 0.1) is 0 Å². The van der Waals surface area contributed by atoms with E-state index >= 15 is 0 Å². The number of nitrogens with zero attached hydrogens (tertiary/aromatic N) is 8. The fourth-order valence-corrected chi connectivity index (χ4v) is 3.83. The average molecular weight is 435 g/mol. The number of hydrogen-bond donors (Lipinski definition) is 0. The van der Waals surface area contributed by atoms with Gasteiger partial charge in [-0.15, -0.1) is 0 Å². The van der Waals surface area contributed by atoms with Gasteiger partial charge in [0.05, 0.1) is 0 Å². The third-order valence-corrected chi connectivity index (χ3v) is 5.42. The van der Waals surface area contributed by atoms with E-state index < -0.39 is 0 Å². The fourth-order valence-electron chi connectivity index (χ4n) is 3.83. The Morgan fingerprint density at radius 1 is 1.00 bits per heavy atom. The van der Waals surface area contributed by atoms with Gasteiger partial charge in [0.2, 0.25) is 17.8 Å². The summed E-state index contributed by atoms with van der Waals surface area (Å²) >= 11 is 0. The van der Waals surface area contributed by atoms with Crippen LogP contribution in [0.1, 0.15) is 18.9 Å². The standard InChI is InChI=1S/C22H26N8O2/c1-18(31)30-11-5-10-27(22-24-8-4-9-25-22)12-13-28(14-19-6-2-3-7-20(19)30)21(32)15-29-17-23-16-26-29/h2-4,6-9,16-17H,5,10-15H2,1H3. The van der Waals surface area contributed by atoms with Gasteiger partial charge in [0, 0.05) is 57.7 Å². The zero-order valence-electron chi connectivity index (χ0n) is 18.0. The molecular formula is C22H26N8O2. The van der Waals surface area contributed by atoms with Gasteiger partial charge in [-0.05, 0) is 24.1 Å². The van der Waals surface area contributed by atoms with Gasteiger partial charge in [0.1, 0.15) is 19.2 Å². The Morgan fingerprint density at radius 3 is 2.56 bits per heavy atom. The van der Waals surface area contributed by atoms with Crippen molar-refractivity contribution in [2.75, 3.05) is 36.0 Å². The predicted molar refractivity (Wildman–Crippen MR) is 119 cm³/mol. The second kappa shape index (κ2) is 9.99. The minimum atomic E-state index is -0.0761. The Bertz CT molecular complexity index is 1040. The van der Waals surface area contributed by atoms with Gasteiger partial charge >= 0.3 is 0 Å². The summed E-state index contributed by atoms with van der Waals surface area (Å²) in [5.74, 6) is 0.509. The molecule has 0 saturated carbocycles. The summed E-state index contributed by atoms with van der Waals surface area (Å²) < 4.78 is 1.51. The molecule has 1 aliphatic heterocycles. The molecule has 3 aromatic rings. The van der Waals surface area contributed by atoms with E-state index in [-0.39, 0.29) is 18.4 Å². The van der Waals surface area contributed by atoms with E-state index in [0.717, 1.165) is 17.7 Å². The molecule has 2 amide bonds. The number of rotatable bonds is 3. The van der Waals surface area contributed by atoms with Gasteiger partial charge in [-0.2, -0.15) is 5.10 Å². The molecule has 10 heteroatoms. The highest BCUT2D eigenvalue weighted by atomic mass is 16.2. The lowest BCUT2D eigenvalue weighted by Gasteiger charge is -2.28. The first kappa shape index (κ1) is 21.4. The van der Waals surface area contributed by atoms with E-state index in [0.29, 0.717) is 38.7 Å². The van der Waals surface area contributed by atoms with Crippen molar-refractivity contribution in [2.45, 2.75) is 26.4 Å². The third-order valence-electron chi connectivity index (χ3n) is 5.42. The first-order chi connectivity index (χ1) is 15.6. The van der Waals surface area contributed by atoms with Gasteiger partial charge < -0.3 is 14.7 Å². The largest absolute Gasteiger partial charge is 0.339 e. The van der Waals surface area contributed by atoms with Crippen molar-refractivity contribution in [1.29, 1.82) is 0 Å². The van der Waals surface area contributed by atoms with E-state index in [1.165, 1.54) is 17.3 Å². The first-order valence-corrected chi connectivity index (χ1v) is 10.6. The molecular weight excluding hydrogens is 408 g/mol. The molecule has 0 radical (unpaired) electrons. The van der Waals surface area contributed by atoms with E-state index in [2.05, 4.69) is 25.0 Å². The first-order valence-electron chi connectivity index (χ1n) is 10.6. The number of benzene rings is 1. The molecule has 2 aromatic heterocycles. The average Bonchev–Trinajstić information content (AvgIpc) is 3.30. The molecule has 0 aliphatic carbocycles. The third kappa shape index (κ3) is 5.08. The zero-order chi connectivity index (χ0) is 22.3. The number of carbonyl (C=O) groups excluding carboxylic acids is 2. The van der Waals surface area contributed by atoms with Crippen LogP contribution in [0.25, 0.3) is 0 Å². The molecule has 1 aliphatic rings. The smallest absolute Gasteiger partial charge is 0.244 e. The van der Waals surface area contributed by atoms with Crippen molar-refractivity contribution in [1.82, 2.24) is 29.6 Å². The van der Waals surface area contributed by atoms with Gasteiger partial charge in [-0.25, -0.2) is 19.6 Å². The molecule has 0 atom stereocenters. The van der Waals surface area contributed by atoms with Crippen molar-refractivity contribution >= 4 is 23.5 Å². The number of fused-ring (bicyclic) bond motifs is 1. The van der Waals surface area contributed by atoms with Crippen LogP contribution >= 0.6 is 0 Å². The predicted octanol–water partition coefficient (Wildman–Crippen LogP) is 1.36. The van der Waals surface area contributed by atoms with E-state index in [1.807, 2.05) is 24.3 Å². The maximum absolute atomic E-state index is 13.2. The molecule has 3 heterocycles. The summed E-state index contributed by atoms with van der Waals surface area (Å²) in [6, 6.07) is 9.53. The molecule has 0 spiro atoms. The second-order valence-electron chi connectivity index (χ2n) is 7.60. The van der Waals surface area contributed by atoms with E-state index in [1.54, 1.807) is 35.2 Å². The highest BCUT2D eigenvalue weighted by Gasteiger charge is 2.23. The van der Waals surface area contributed by atoms with Crippen LogP contribution in [-0.4, -0.2) is 67.6 Å². The highest BCUT2D eigenvalue weighted by molar-refractivity contribution is 5.92. The maximum atomic E-state index is 13.2. The molecule has 0 saturated heterocycles. The summed E-state index contributed by atoms with van der Waals surface area (Å²) in [6.45, 7) is 4.36. The molecule has 4 rings (SSSR count). The molecule has 166 valence electrons. The quantitative estimate of drug-likeness (QED) is 0.614. The molecule has 0 bridgehead atoms. The maximum Gasteiger partial charge on any atom is 0.244 e. The topological polar surface area (TPSA) is 100 Å². The highest BCUT2D eigenvalue weighted by Crippen LogP contribution is 2.24. The number of hydrogen-bond acceptors (Lipinski definition) is 7. The number of aromatic nitrogens is 5. The van der Waals surface area contributed by atoms with Crippen molar-refractivity contribution in [3.05, 3.63) is 60.9 Å². The minimum absolute atomic E-state index is 0.0281. The van der Waals surface area contributed by atoms with Gasteiger partial charge in [0.25, 0.3) is 0 Å². The zero-order valence-corrected chi connectivity index (χ0v) is 18.0. The summed E-state index contributed by atoms with van der Waals surface area (Å²) in [5, 5.41) is 4.06. The van der Waals surface area contributed by atoms with Crippen LogP contribution in [-0.2, 0) is 22.7 Å². The van der Waals surface area contributed by atoms with Crippen LogP contribution in [0.5, 0.6) is 0 Å². The van der Waals surface area contributed by atoms with Crippen LogP contribution < -0.4 is 9.80 Å². The summed E-state index contributed by atoms with van der Waals surface area (Å²) in [6.07, 6.45) is 7.10. The second-order valence-corrected chi connectivity index (χ2v) is 7.60. The van der Waals surface area contributed by atoms with Crippen molar-refractivity contribution in [2.24, 2.45) is 0 Å². The number of anilines is 2. The van der Waals surface area contributed by atoms with Gasteiger partial charge in [-0.3, -0.25) is 9.59 Å². The monoisotopic (exact) mass is 434 g/mol. The Morgan fingerprint density at radius 2 is 1.81 bits per heavy atom. The number of para-hydroxylation sites is 1. The molecule has 0 fully saturated rings. The van der Waals surface area contributed by atoms with E-state index in [9.17, 15) is 9.59 Å². The molecule has 0 N–H and O–H groups in total.